The summed E-state index contributed by atoms with van der Waals surface area (Å²) in [7, 11) is 0. The SMILES string of the molecule is CCC(=C(c1ccccc1)c1ccc(OCC2OC2C)cc1)c1ccccc1. The molecule has 0 aliphatic carbocycles. The number of hydrogen-bond donors (Lipinski definition) is 0. The molecule has 3 aromatic carbocycles. The quantitative estimate of drug-likeness (QED) is 0.364. The second-order valence-electron chi connectivity index (χ2n) is 7.15. The first-order chi connectivity index (χ1) is 13.8. The van der Waals surface area contributed by atoms with Gasteiger partial charge < -0.3 is 9.47 Å². The summed E-state index contributed by atoms with van der Waals surface area (Å²) in [6.45, 7) is 4.91. The summed E-state index contributed by atoms with van der Waals surface area (Å²) in [6, 6.07) is 29.7. The van der Waals surface area contributed by atoms with Crippen LogP contribution in [0.25, 0.3) is 11.1 Å². The summed E-state index contributed by atoms with van der Waals surface area (Å²) in [4.78, 5) is 0. The maximum absolute atomic E-state index is 5.87. The number of rotatable bonds is 7. The first-order valence-corrected chi connectivity index (χ1v) is 9.99. The molecule has 1 saturated heterocycles. The minimum Gasteiger partial charge on any atom is -0.491 e. The third kappa shape index (κ3) is 4.18. The third-order valence-electron chi connectivity index (χ3n) is 5.23. The minimum atomic E-state index is 0.240. The summed E-state index contributed by atoms with van der Waals surface area (Å²) in [5, 5.41) is 0. The minimum absolute atomic E-state index is 0.240. The highest BCUT2D eigenvalue weighted by atomic mass is 16.6. The lowest BCUT2D eigenvalue weighted by molar-refractivity contribution is 0.261. The van der Waals surface area contributed by atoms with E-state index in [9.17, 15) is 0 Å². The van der Waals surface area contributed by atoms with Gasteiger partial charge in [0.2, 0.25) is 0 Å². The van der Waals surface area contributed by atoms with Crippen molar-refractivity contribution >= 4 is 11.1 Å². The van der Waals surface area contributed by atoms with Crippen molar-refractivity contribution in [3.63, 3.8) is 0 Å². The highest BCUT2D eigenvalue weighted by molar-refractivity contribution is 5.98. The molecule has 0 radical (unpaired) electrons. The second-order valence-corrected chi connectivity index (χ2v) is 7.15. The Balaban J connectivity index is 1.70. The van der Waals surface area contributed by atoms with E-state index in [1.54, 1.807) is 0 Å². The van der Waals surface area contributed by atoms with Crippen LogP contribution in [-0.2, 0) is 4.74 Å². The third-order valence-corrected chi connectivity index (χ3v) is 5.23. The highest BCUT2D eigenvalue weighted by Gasteiger charge is 2.34. The fourth-order valence-electron chi connectivity index (χ4n) is 3.59. The first-order valence-electron chi connectivity index (χ1n) is 9.99. The molecule has 3 aromatic rings. The zero-order valence-corrected chi connectivity index (χ0v) is 16.5. The molecule has 1 aliphatic rings. The van der Waals surface area contributed by atoms with Crippen molar-refractivity contribution in [1.82, 2.24) is 0 Å². The number of allylic oxidation sites excluding steroid dienone is 1. The van der Waals surface area contributed by atoms with Gasteiger partial charge in [-0.15, -0.1) is 0 Å². The van der Waals surface area contributed by atoms with Crippen molar-refractivity contribution in [3.8, 4) is 5.75 Å². The molecule has 0 N–H and O–H groups in total. The van der Waals surface area contributed by atoms with Gasteiger partial charge in [-0.3, -0.25) is 0 Å². The molecule has 0 saturated carbocycles. The molecule has 2 unspecified atom stereocenters. The molecule has 2 nitrogen and oxygen atoms in total. The van der Waals surface area contributed by atoms with Gasteiger partial charge in [0.15, 0.2) is 0 Å². The Labute approximate surface area is 167 Å². The van der Waals surface area contributed by atoms with Crippen LogP contribution in [0.5, 0.6) is 5.75 Å². The van der Waals surface area contributed by atoms with E-state index in [-0.39, 0.29) is 6.10 Å². The zero-order valence-electron chi connectivity index (χ0n) is 16.5. The fourth-order valence-corrected chi connectivity index (χ4v) is 3.59. The lowest BCUT2D eigenvalue weighted by Gasteiger charge is -2.16. The van der Waals surface area contributed by atoms with Crippen molar-refractivity contribution < 1.29 is 9.47 Å². The lowest BCUT2D eigenvalue weighted by Crippen LogP contribution is -2.06. The standard InChI is InChI=1S/C26H26O2/c1-3-24(20-10-6-4-7-11-20)26(21-12-8-5-9-13-21)22-14-16-23(17-15-22)27-18-25-19(2)28-25/h4-17,19,25H,3,18H2,1-2H3. The van der Waals surface area contributed by atoms with E-state index in [1.165, 1.54) is 27.8 Å². The van der Waals surface area contributed by atoms with E-state index in [4.69, 9.17) is 9.47 Å². The first kappa shape index (κ1) is 18.5. The summed E-state index contributed by atoms with van der Waals surface area (Å²) in [5.74, 6) is 0.886. The molecular formula is C26H26O2. The van der Waals surface area contributed by atoms with Gasteiger partial charge in [-0.25, -0.2) is 0 Å². The molecule has 1 fully saturated rings. The van der Waals surface area contributed by atoms with E-state index < -0.39 is 0 Å². The Morgan fingerprint density at radius 1 is 0.786 bits per heavy atom. The molecule has 2 heteroatoms. The molecule has 142 valence electrons. The largest absolute Gasteiger partial charge is 0.491 e. The maximum Gasteiger partial charge on any atom is 0.119 e. The van der Waals surface area contributed by atoms with Crippen molar-refractivity contribution in [2.75, 3.05) is 6.61 Å². The van der Waals surface area contributed by atoms with Gasteiger partial charge in [0.25, 0.3) is 0 Å². The number of epoxide rings is 1. The lowest BCUT2D eigenvalue weighted by atomic mass is 9.88. The average molecular weight is 370 g/mol. The van der Waals surface area contributed by atoms with Gasteiger partial charge >= 0.3 is 0 Å². The predicted molar refractivity (Wildman–Crippen MR) is 115 cm³/mol. The summed E-state index contributed by atoms with van der Waals surface area (Å²) >= 11 is 0. The summed E-state index contributed by atoms with van der Waals surface area (Å²) < 4.78 is 11.3. The Morgan fingerprint density at radius 2 is 1.32 bits per heavy atom. The second kappa shape index (κ2) is 8.45. The number of benzene rings is 3. The van der Waals surface area contributed by atoms with Crippen molar-refractivity contribution in [1.29, 1.82) is 0 Å². The van der Waals surface area contributed by atoms with Gasteiger partial charge in [-0.05, 0) is 53.3 Å². The molecule has 28 heavy (non-hydrogen) atoms. The zero-order chi connectivity index (χ0) is 19.3. The molecular weight excluding hydrogens is 344 g/mol. The van der Waals surface area contributed by atoms with E-state index in [0.717, 1.165) is 12.2 Å². The molecule has 2 atom stereocenters. The van der Waals surface area contributed by atoms with Crippen LogP contribution in [0.4, 0.5) is 0 Å². The van der Waals surface area contributed by atoms with Crippen molar-refractivity contribution in [3.05, 3.63) is 102 Å². The molecule has 0 spiro atoms. The monoisotopic (exact) mass is 370 g/mol. The Hall–Kier alpha value is -2.84. The fraction of sp³-hybridized carbons (Fsp3) is 0.231. The van der Waals surface area contributed by atoms with Crippen LogP contribution in [0.1, 0.15) is 37.0 Å². The van der Waals surface area contributed by atoms with Gasteiger partial charge in [-0.1, -0.05) is 79.7 Å². The average Bonchev–Trinajstić information content (AvgIpc) is 3.47. The van der Waals surface area contributed by atoms with Gasteiger partial charge in [0.05, 0.1) is 6.10 Å². The topological polar surface area (TPSA) is 21.8 Å². The van der Waals surface area contributed by atoms with Crippen LogP contribution >= 0.6 is 0 Å². The summed E-state index contributed by atoms with van der Waals surface area (Å²) in [6.07, 6.45) is 1.53. The van der Waals surface area contributed by atoms with E-state index >= 15 is 0 Å². The molecule has 0 amide bonds. The Bertz CT molecular complexity index is 927. The van der Waals surface area contributed by atoms with E-state index in [1.807, 2.05) is 0 Å². The van der Waals surface area contributed by atoms with Crippen LogP contribution in [0.2, 0.25) is 0 Å². The molecule has 4 rings (SSSR count). The number of hydrogen-bond acceptors (Lipinski definition) is 2. The predicted octanol–water partition coefficient (Wildman–Crippen LogP) is 6.22. The highest BCUT2D eigenvalue weighted by Crippen LogP contribution is 2.35. The van der Waals surface area contributed by atoms with Crippen molar-refractivity contribution in [2.45, 2.75) is 32.5 Å². The van der Waals surface area contributed by atoms with Crippen LogP contribution in [0, 0.1) is 0 Å². The smallest absolute Gasteiger partial charge is 0.119 e. The van der Waals surface area contributed by atoms with Crippen LogP contribution in [0.15, 0.2) is 84.9 Å². The van der Waals surface area contributed by atoms with E-state index in [0.29, 0.717) is 12.7 Å². The normalized spacial score (nSPS) is 19.1. The Kier molecular flexibility index (Phi) is 5.59. The molecule has 1 heterocycles. The van der Waals surface area contributed by atoms with Crippen LogP contribution in [-0.4, -0.2) is 18.8 Å². The van der Waals surface area contributed by atoms with Gasteiger partial charge in [0.1, 0.15) is 18.5 Å². The molecule has 0 bridgehead atoms. The molecule has 1 aliphatic heterocycles. The van der Waals surface area contributed by atoms with Gasteiger partial charge in [-0.2, -0.15) is 0 Å². The number of ether oxygens (including phenoxy) is 2. The van der Waals surface area contributed by atoms with Crippen LogP contribution < -0.4 is 4.74 Å². The van der Waals surface area contributed by atoms with Gasteiger partial charge in [0, 0.05) is 0 Å². The summed E-state index contributed by atoms with van der Waals surface area (Å²) in [5.41, 5.74) is 6.33. The van der Waals surface area contributed by atoms with Crippen molar-refractivity contribution in [2.24, 2.45) is 0 Å². The Morgan fingerprint density at radius 3 is 1.86 bits per heavy atom. The molecule has 0 aromatic heterocycles. The van der Waals surface area contributed by atoms with Crippen LogP contribution in [0.3, 0.4) is 0 Å². The maximum atomic E-state index is 5.87. The van der Waals surface area contributed by atoms with E-state index in [2.05, 4.69) is 98.8 Å².